The molecule has 1 heterocycles. The van der Waals surface area contributed by atoms with Crippen molar-refractivity contribution in [3.63, 3.8) is 0 Å². The number of rotatable bonds is 5. The number of carbonyl (C=O) groups is 1. The highest BCUT2D eigenvalue weighted by atomic mass is 32.1. The second-order valence-electron chi connectivity index (χ2n) is 5.76. The minimum atomic E-state index is 0.0121. The molecule has 17 heavy (non-hydrogen) atoms. The Morgan fingerprint density at radius 1 is 1.41 bits per heavy atom. The van der Waals surface area contributed by atoms with Crippen molar-refractivity contribution < 1.29 is 4.79 Å². The molecule has 0 unspecified atom stereocenters. The number of carbonyl (C=O) groups excluding carboxylic acids is 1. The first-order valence-corrected chi connectivity index (χ1v) is 7.56. The summed E-state index contributed by atoms with van der Waals surface area (Å²) in [7, 11) is 0. The van der Waals surface area contributed by atoms with Gasteiger partial charge in [0.1, 0.15) is 5.78 Å². The third kappa shape index (κ3) is 2.98. The van der Waals surface area contributed by atoms with Crippen LogP contribution in [0.25, 0.3) is 0 Å². The first-order chi connectivity index (χ1) is 8.12. The van der Waals surface area contributed by atoms with E-state index in [1.807, 2.05) is 6.07 Å². The average molecular weight is 250 g/mol. The molecule has 1 saturated carbocycles. The van der Waals surface area contributed by atoms with E-state index in [1.54, 1.807) is 11.3 Å². The summed E-state index contributed by atoms with van der Waals surface area (Å²) >= 11 is 1.71. The van der Waals surface area contributed by atoms with E-state index in [0.29, 0.717) is 18.1 Å². The number of Topliss-reactive ketones (excluding diaryl/α,β-unsaturated/α-hetero) is 1. The first kappa shape index (κ1) is 12.8. The summed E-state index contributed by atoms with van der Waals surface area (Å²) in [6, 6.07) is 4.12. The van der Waals surface area contributed by atoms with E-state index in [2.05, 4.69) is 25.3 Å². The molecule has 0 bridgehead atoms. The van der Waals surface area contributed by atoms with Crippen molar-refractivity contribution in [3.05, 3.63) is 22.4 Å². The Labute approximate surface area is 108 Å². The van der Waals surface area contributed by atoms with Crippen LogP contribution in [0.1, 0.15) is 50.8 Å². The van der Waals surface area contributed by atoms with Crippen molar-refractivity contribution in [1.29, 1.82) is 0 Å². The zero-order valence-corrected chi connectivity index (χ0v) is 11.7. The lowest BCUT2D eigenvalue weighted by molar-refractivity contribution is -0.128. The molecule has 0 N–H and O–H groups in total. The minimum absolute atomic E-state index is 0.0121. The quantitative estimate of drug-likeness (QED) is 0.753. The topological polar surface area (TPSA) is 17.1 Å². The molecular formula is C15H22OS. The molecule has 0 saturated heterocycles. The summed E-state index contributed by atoms with van der Waals surface area (Å²) in [5.74, 6) is 1.12. The number of thiophene rings is 1. The fourth-order valence-corrected chi connectivity index (χ4v) is 3.89. The summed E-state index contributed by atoms with van der Waals surface area (Å²) in [5.41, 5.74) is 0.0121. The molecule has 1 aromatic rings. The molecule has 1 aromatic heterocycles. The summed E-state index contributed by atoms with van der Waals surface area (Å²) in [6.07, 6.45) is 6.46. The fourth-order valence-electron chi connectivity index (χ4n) is 3.19. The van der Waals surface area contributed by atoms with Gasteiger partial charge in [-0.2, -0.15) is 0 Å². The van der Waals surface area contributed by atoms with Gasteiger partial charge in [0.15, 0.2) is 0 Å². The van der Waals surface area contributed by atoms with Gasteiger partial charge >= 0.3 is 0 Å². The Kier molecular flexibility index (Phi) is 4.03. The lowest BCUT2D eigenvalue weighted by Gasteiger charge is -2.29. The molecule has 0 atom stereocenters. The average Bonchev–Trinajstić information content (AvgIpc) is 2.88. The van der Waals surface area contributed by atoms with Crippen molar-refractivity contribution in [2.75, 3.05) is 0 Å². The molecule has 0 amide bonds. The molecule has 94 valence electrons. The van der Waals surface area contributed by atoms with E-state index in [9.17, 15) is 4.79 Å². The normalized spacial score (nSPS) is 18.8. The minimum Gasteiger partial charge on any atom is -0.299 e. The molecule has 2 heteroatoms. The van der Waals surface area contributed by atoms with Gasteiger partial charge < -0.3 is 0 Å². The van der Waals surface area contributed by atoms with Crippen LogP contribution in [0.3, 0.4) is 0 Å². The SMILES string of the molecule is CC(C)CC1(C(=O)Cc2cccs2)CCCC1. The Hall–Kier alpha value is -0.630. The number of ketones is 1. The van der Waals surface area contributed by atoms with Crippen molar-refractivity contribution >= 4 is 17.1 Å². The van der Waals surface area contributed by atoms with Gasteiger partial charge in [0.05, 0.1) is 0 Å². The summed E-state index contributed by atoms with van der Waals surface area (Å²) in [6.45, 7) is 4.47. The first-order valence-electron chi connectivity index (χ1n) is 6.68. The van der Waals surface area contributed by atoms with Crippen LogP contribution < -0.4 is 0 Å². The molecule has 1 aliphatic carbocycles. The highest BCUT2D eigenvalue weighted by molar-refractivity contribution is 7.10. The second kappa shape index (κ2) is 5.34. The third-order valence-electron chi connectivity index (χ3n) is 3.87. The standard InChI is InChI=1S/C15H22OS/c1-12(2)11-15(7-3-4-8-15)14(16)10-13-6-5-9-17-13/h5-6,9,12H,3-4,7-8,10-11H2,1-2H3. The van der Waals surface area contributed by atoms with Gasteiger partial charge in [-0.25, -0.2) is 0 Å². The van der Waals surface area contributed by atoms with E-state index in [4.69, 9.17) is 0 Å². The van der Waals surface area contributed by atoms with Crippen molar-refractivity contribution in [3.8, 4) is 0 Å². The summed E-state index contributed by atoms with van der Waals surface area (Å²) < 4.78 is 0. The maximum atomic E-state index is 12.6. The predicted molar refractivity (Wildman–Crippen MR) is 73.4 cm³/mol. The molecule has 0 aromatic carbocycles. The Bertz CT molecular complexity index is 358. The smallest absolute Gasteiger partial charge is 0.144 e. The number of hydrogen-bond acceptors (Lipinski definition) is 2. The molecule has 0 spiro atoms. The van der Waals surface area contributed by atoms with Crippen molar-refractivity contribution in [2.45, 2.75) is 52.4 Å². The van der Waals surface area contributed by atoms with Crippen LogP contribution in [-0.2, 0) is 11.2 Å². The van der Waals surface area contributed by atoms with Crippen LogP contribution >= 0.6 is 11.3 Å². The molecule has 0 aliphatic heterocycles. The monoisotopic (exact) mass is 250 g/mol. The predicted octanol–water partition coefficient (Wildman–Crippen LogP) is 4.47. The van der Waals surface area contributed by atoms with Crippen molar-refractivity contribution in [1.82, 2.24) is 0 Å². The van der Waals surface area contributed by atoms with Crippen LogP contribution in [0.4, 0.5) is 0 Å². The Morgan fingerprint density at radius 3 is 2.65 bits per heavy atom. The zero-order chi connectivity index (χ0) is 12.3. The molecule has 1 aliphatic rings. The van der Waals surface area contributed by atoms with E-state index >= 15 is 0 Å². The van der Waals surface area contributed by atoms with Gasteiger partial charge in [-0.15, -0.1) is 11.3 Å². The molecule has 0 radical (unpaired) electrons. The van der Waals surface area contributed by atoms with E-state index < -0.39 is 0 Å². The maximum absolute atomic E-state index is 12.6. The molecule has 1 nitrogen and oxygen atoms in total. The Morgan fingerprint density at radius 2 is 2.12 bits per heavy atom. The van der Waals surface area contributed by atoms with Gasteiger partial charge in [-0.05, 0) is 36.6 Å². The van der Waals surface area contributed by atoms with Gasteiger partial charge in [-0.1, -0.05) is 32.8 Å². The lowest BCUT2D eigenvalue weighted by atomic mass is 9.74. The highest BCUT2D eigenvalue weighted by Crippen LogP contribution is 2.44. The van der Waals surface area contributed by atoms with Crippen LogP contribution in [0.15, 0.2) is 17.5 Å². The van der Waals surface area contributed by atoms with E-state index in [-0.39, 0.29) is 5.41 Å². The van der Waals surface area contributed by atoms with Crippen LogP contribution in [0.2, 0.25) is 0 Å². The number of hydrogen-bond donors (Lipinski definition) is 0. The van der Waals surface area contributed by atoms with Crippen LogP contribution in [-0.4, -0.2) is 5.78 Å². The van der Waals surface area contributed by atoms with Gasteiger partial charge in [0.25, 0.3) is 0 Å². The maximum Gasteiger partial charge on any atom is 0.144 e. The molecule has 1 fully saturated rings. The zero-order valence-electron chi connectivity index (χ0n) is 10.9. The van der Waals surface area contributed by atoms with Gasteiger partial charge in [-0.3, -0.25) is 4.79 Å². The van der Waals surface area contributed by atoms with Crippen LogP contribution in [0, 0.1) is 11.3 Å². The van der Waals surface area contributed by atoms with E-state index in [0.717, 1.165) is 19.3 Å². The van der Waals surface area contributed by atoms with E-state index in [1.165, 1.54) is 17.7 Å². The molecule has 2 rings (SSSR count). The van der Waals surface area contributed by atoms with Gasteiger partial charge in [0.2, 0.25) is 0 Å². The lowest BCUT2D eigenvalue weighted by Crippen LogP contribution is -2.31. The van der Waals surface area contributed by atoms with Crippen molar-refractivity contribution in [2.24, 2.45) is 11.3 Å². The fraction of sp³-hybridized carbons (Fsp3) is 0.667. The highest BCUT2D eigenvalue weighted by Gasteiger charge is 2.40. The summed E-state index contributed by atoms with van der Waals surface area (Å²) in [5, 5.41) is 2.06. The third-order valence-corrected chi connectivity index (χ3v) is 4.74. The van der Waals surface area contributed by atoms with Crippen LogP contribution in [0.5, 0.6) is 0 Å². The second-order valence-corrected chi connectivity index (χ2v) is 6.80. The Balaban J connectivity index is 2.08. The summed E-state index contributed by atoms with van der Waals surface area (Å²) in [4.78, 5) is 13.8. The molecular weight excluding hydrogens is 228 g/mol. The van der Waals surface area contributed by atoms with Gasteiger partial charge in [0, 0.05) is 16.7 Å². The largest absolute Gasteiger partial charge is 0.299 e.